The number of hydrogen-bond acceptors (Lipinski definition) is 3. The van der Waals surface area contributed by atoms with Crippen molar-refractivity contribution in [3.05, 3.63) is 38.7 Å². The van der Waals surface area contributed by atoms with Crippen LogP contribution in [0.25, 0.3) is 5.69 Å². The Kier molecular flexibility index (Phi) is 5.34. The zero-order valence-corrected chi connectivity index (χ0v) is 14.4. The first-order valence-electron chi connectivity index (χ1n) is 5.89. The molecule has 0 amide bonds. The average Bonchev–Trinajstić information content (AvgIpc) is 2.79. The number of nitrogens with zero attached hydrogens (tertiary/aromatic N) is 2. The summed E-state index contributed by atoms with van der Waals surface area (Å²) in [5, 5.41) is 10.2. The Morgan fingerprint density at radius 1 is 1.55 bits per heavy atom. The molecule has 1 aromatic carbocycles. The number of carbonyl (C=O) groups is 1. The summed E-state index contributed by atoms with van der Waals surface area (Å²) in [5.74, 6) is -0.863. The largest absolute Gasteiger partial charge is 0.481 e. The quantitative estimate of drug-likeness (QED) is 0.587. The summed E-state index contributed by atoms with van der Waals surface area (Å²) in [6.45, 7) is 2.04. The van der Waals surface area contributed by atoms with E-state index in [9.17, 15) is 4.79 Å². The van der Waals surface area contributed by atoms with Gasteiger partial charge in [0.1, 0.15) is 0 Å². The molecule has 106 valence electrons. The van der Waals surface area contributed by atoms with E-state index in [2.05, 4.69) is 27.6 Å². The topological polar surface area (TPSA) is 55.1 Å². The molecule has 0 atom stereocenters. The molecule has 0 unspecified atom stereocenters. The second kappa shape index (κ2) is 6.82. The molecule has 0 bridgehead atoms. The minimum atomic E-state index is -0.853. The fourth-order valence-electron chi connectivity index (χ4n) is 1.77. The van der Waals surface area contributed by atoms with Crippen molar-refractivity contribution < 1.29 is 9.90 Å². The van der Waals surface area contributed by atoms with Crippen LogP contribution in [0.5, 0.6) is 0 Å². The van der Waals surface area contributed by atoms with Gasteiger partial charge in [-0.05, 0) is 47.2 Å². The lowest BCUT2D eigenvalue weighted by atomic mass is 10.3. The zero-order valence-electron chi connectivity index (χ0n) is 10.6. The van der Waals surface area contributed by atoms with Gasteiger partial charge in [0.25, 0.3) is 0 Å². The minimum absolute atomic E-state index is 0.00959. The van der Waals surface area contributed by atoms with E-state index in [-0.39, 0.29) is 5.75 Å². The fraction of sp³-hybridized carbons (Fsp3) is 0.231. The number of aryl methyl sites for hydroxylation is 1. The smallest absolute Gasteiger partial charge is 0.313 e. The number of benzene rings is 1. The van der Waals surface area contributed by atoms with Crippen LogP contribution in [-0.2, 0) is 11.2 Å². The van der Waals surface area contributed by atoms with Crippen molar-refractivity contribution in [2.24, 2.45) is 0 Å². The molecule has 0 aliphatic rings. The lowest BCUT2D eigenvalue weighted by Gasteiger charge is -2.12. The lowest BCUT2D eigenvalue weighted by Crippen LogP contribution is -2.05. The standard InChI is InChI=1S/C13H12ClIN2O2S/c1-2-9-6-16-13(20-7-12(18)19)17(9)11-4-3-8(14)5-10(11)15/h3-6H,2,7H2,1H3,(H,18,19). The number of hydrogen-bond donors (Lipinski definition) is 1. The molecule has 2 aromatic rings. The first kappa shape index (κ1) is 15.7. The van der Waals surface area contributed by atoms with Gasteiger partial charge in [-0.15, -0.1) is 0 Å². The van der Waals surface area contributed by atoms with E-state index in [0.717, 1.165) is 21.4 Å². The summed E-state index contributed by atoms with van der Waals surface area (Å²) in [5.41, 5.74) is 2.01. The number of carboxylic acids is 1. The molecule has 4 nitrogen and oxygen atoms in total. The molecule has 7 heteroatoms. The van der Waals surface area contributed by atoms with E-state index >= 15 is 0 Å². The third kappa shape index (κ3) is 3.48. The van der Waals surface area contributed by atoms with Crippen molar-refractivity contribution in [2.45, 2.75) is 18.5 Å². The molecule has 2 rings (SSSR count). The van der Waals surface area contributed by atoms with Crippen LogP contribution in [0.15, 0.2) is 29.6 Å². The highest BCUT2D eigenvalue weighted by atomic mass is 127. The number of aromatic nitrogens is 2. The number of aliphatic carboxylic acids is 1. The Balaban J connectivity index is 2.47. The maximum atomic E-state index is 10.7. The number of thioether (sulfide) groups is 1. The van der Waals surface area contributed by atoms with Gasteiger partial charge in [0.2, 0.25) is 0 Å². The normalized spacial score (nSPS) is 10.8. The van der Waals surface area contributed by atoms with Crippen LogP contribution in [0.3, 0.4) is 0 Å². The summed E-state index contributed by atoms with van der Waals surface area (Å²) in [7, 11) is 0. The third-order valence-corrected chi connectivity index (χ3v) is 4.68. The number of rotatable bonds is 5. The molecule has 0 aliphatic heterocycles. The van der Waals surface area contributed by atoms with Crippen molar-refractivity contribution in [2.75, 3.05) is 5.75 Å². The molecule has 20 heavy (non-hydrogen) atoms. The van der Waals surface area contributed by atoms with Gasteiger partial charge in [-0.2, -0.15) is 0 Å². The van der Waals surface area contributed by atoms with Crippen LogP contribution in [0, 0.1) is 3.57 Å². The van der Waals surface area contributed by atoms with Gasteiger partial charge >= 0.3 is 5.97 Å². The Bertz CT molecular complexity index is 645. The zero-order chi connectivity index (χ0) is 14.7. The van der Waals surface area contributed by atoms with Gasteiger partial charge in [0, 0.05) is 20.5 Å². The van der Waals surface area contributed by atoms with Crippen LogP contribution in [-0.4, -0.2) is 26.4 Å². The number of carboxylic acid groups (broad SMARTS) is 1. The van der Waals surface area contributed by atoms with Crippen molar-refractivity contribution in [1.82, 2.24) is 9.55 Å². The Morgan fingerprint density at radius 3 is 2.90 bits per heavy atom. The van der Waals surface area contributed by atoms with Crippen molar-refractivity contribution in [3.63, 3.8) is 0 Å². The Labute approximate surface area is 139 Å². The first-order chi connectivity index (χ1) is 9.52. The first-order valence-corrected chi connectivity index (χ1v) is 8.33. The molecule has 0 radical (unpaired) electrons. The Morgan fingerprint density at radius 2 is 2.30 bits per heavy atom. The molecule has 0 aliphatic carbocycles. The minimum Gasteiger partial charge on any atom is -0.481 e. The van der Waals surface area contributed by atoms with Gasteiger partial charge in [0.15, 0.2) is 5.16 Å². The van der Waals surface area contributed by atoms with E-state index in [1.165, 1.54) is 11.8 Å². The molecule has 1 aromatic heterocycles. The van der Waals surface area contributed by atoms with E-state index in [0.29, 0.717) is 10.2 Å². The highest BCUT2D eigenvalue weighted by Gasteiger charge is 2.15. The van der Waals surface area contributed by atoms with Crippen molar-refractivity contribution >= 4 is 51.9 Å². The third-order valence-electron chi connectivity index (χ3n) is 2.64. The van der Waals surface area contributed by atoms with E-state index in [4.69, 9.17) is 16.7 Å². The maximum Gasteiger partial charge on any atom is 0.313 e. The molecule has 0 fully saturated rings. The average molecular weight is 423 g/mol. The van der Waals surface area contributed by atoms with Gasteiger partial charge in [-0.25, -0.2) is 4.98 Å². The predicted octanol–water partition coefficient (Wildman–Crippen LogP) is 3.87. The predicted molar refractivity (Wildman–Crippen MR) is 89.0 cm³/mol. The van der Waals surface area contributed by atoms with E-state index < -0.39 is 5.97 Å². The molecule has 1 N–H and O–H groups in total. The summed E-state index contributed by atoms with van der Waals surface area (Å²) in [6, 6.07) is 5.63. The summed E-state index contributed by atoms with van der Waals surface area (Å²) >= 11 is 9.42. The molecular weight excluding hydrogens is 411 g/mol. The van der Waals surface area contributed by atoms with Crippen LogP contribution in [0.4, 0.5) is 0 Å². The summed E-state index contributed by atoms with van der Waals surface area (Å²) in [4.78, 5) is 15.1. The summed E-state index contributed by atoms with van der Waals surface area (Å²) in [6.07, 6.45) is 2.61. The fourth-order valence-corrected chi connectivity index (χ4v) is 3.60. The van der Waals surface area contributed by atoms with Crippen molar-refractivity contribution in [3.8, 4) is 5.69 Å². The van der Waals surface area contributed by atoms with E-state index in [1.807, 2.05) is 29.7 Å². The van der Waals surface area contributed by atoms with Crippen LogP contribution in [0.1, 0.15) is 12.6 Å². The SMILES string of the molecule is CCc1cnc(SCC(=O)O)n1-c1ccc(Cl)cc1I. The van der Waals surface area contributed by atoms with Gasteiger partial charge in [0.05, 0.1) is 11.4 Å². The summed E-state index contributed by atoms with van der Waals surface area (Å²) < 4.78 is 2.99. The van der Waals surface area contributed by atoms with E-state index in [1.54, 1.807) is 6.20 Å². The molecule has 1 heterocycles. The van der Waals surface area contributed by atoms with Crippen LogP contribution in [0.2, 0.25) is 5.02 Å². The molecule has 0 spiro atoms. The maximum absolute atomic E-state index is 10.7. The van der Waals surface area contributed by atoms with Crippen LogP contribution >= 0.6 is 46.0 Å². The highest BCUT2D eigenvalue weighted by molar-refractivity contribution is 14.1. The Hall–Kier alpha value is -0.730. The number of halogens is 2. The van der Waals surface area contributed by atoms with Crippen molar-refractivity contribution in [1.29, 1.82) is 0 Å². The van der Waals surface area contributed by atoms with Crippen LogP contribution < -0.4 is 0 Å². The number of imidazole rings is 1. The molecule has 0 saturated heterocycles. The molecular formula is C13H12ClIN2O2S. The lowest BCUT2D eigenvalue weighted by molar-refractivity contribution is -0.133. The monoisotopic (exact) mass is 422 g/mol. The van der Waals surface area contributed by atoms with Gasteiger partial charge in [-0.1, -0.05) is 30.3 Å². The van der Waals surface area contributed by atoms with Gasteiger partial charge < -0.3 is 5.11 Å². The second-order valence-corrected chi connectivity index (χ2v) is 6.54. The highest BCUT2D eigenvalue weighted by Crippen LogP contribution is 2.28. The second-order valence-electron chi connectivity index (χ2n) is 4.00. The molecule has 0 saturated carbocycles. The van der Waals surface area contributed by atoms with Gasteiger partial charge in [-0.3, -0.25) is 9.36 Å².